The normalized spacial score (nSPS) is 16.4. The number of hydrogen-bond acceptors (Lipinski definition) is 5. The Kier molecular flexibility index (Phi) is 4.78. The first kappa shape index (κ1) is 18.7. The highest BCUT2D eigenvalue weighted by molar-refractivity contribution is 5.68. The third kappa shape index (κ3) is 3.86. The van der Waals surface area contributed by atoms with Crippen molar-refractivity contribution in [3.63, 3.8) is 0 Å². The van der Waals surface area contributed by atoms with E-state index in [0.717, 1.165) is 0 Å². The van der Waals surface area contributed by atoms with Gasteiger partial charge in [-0.05, 0) is 39.8 Å². The first-order chi connectivity index (χ1) is 12.7. The summed E-state index contributed by atoms with van der Waals surface area (Å²) in [6, 6.07) is 7.76. The molecule has 3 rings (SSSR count). The van der Waals surface area contributed by atoms with Crippen LogP contribution in [-0.2, 0) is 9.47 Å². The first-order valence-corrected chi connectivity index (χ1v) is 8.52. The fourth-order valence-electron chi connectivity index (χ4n) is 3.00. The molecule has 2 N–H and O–H groups in total. The Bertz CT molecular complexity index is 972. The fourth-order valence-corrected chi connectivity index (χ4v) is 3.00. The SMILES string of the molecule is CC1=C(OC(=O)OC(C)(C)C)C(c2ccccc2F)c2c(cc[nH]c2=O)N1. The molecular formula is C20H21FN2O4. The molecule has 0 amide bonds. The second kappa shape index (κ2) is 6.90. The molecule has 0 bridgehead atoms. The van der Waals surface area contributed by atoms with E-state index in [2.05, 4.69) is 10.3 Å². The van der Waals surface area contributed by atoms with Gasteiger partial charge in [-0.15, -0.1) is 0 Å². The number of nitrogens with one attached hydrogen (secondary N) is 2. The van der Waals surface area contributed by atoms with Gasteiger partial charge >= 0.3 is 6.16 Å². The summed E-state index contributed by atoms with van der Waals surface area (Å²) < 4.78 is 25.3. The standard InChI is InChI=1S/C20H21FN2O4/c1-11-17(26-19(25)27-20(2,3)4)15(12-7-5-6-8-13(12)21)16-14(23-11)9-10-22-18(16)24/h5-10,15,23H,1-4H3,(H,22,24). The molecule has 0 radical (unpaired) electrons. The summed E-state index contributed by atoms with van der Waals surface area (Å²) in [5, 5.41) is 3.04. The molecule has 7 heteroatoms. The third-order valence-electron chi connectivity index (χ3n) is 4.04. The highest BCUT2D eigenvalue weighted by Gasteiger charge is 2.35. The largest absolute Gasteiger partial charge is 0.514 e. The molecule has 0 fully saturated rings. The Morgan fingerprint density at radius 1 is 1.19 bits per heavy atom. The molecule has 27 heavy (non-hydrogen) atoms. The average molecular weight is 372 g/mol. The van der Waals surface area contributed by atoms with Crippen LogP contribution < -0.4 is 10.9 Å². The zero-order valence-corrected chi connectivity index (χ0v) is 15.6. The predicted molar refractivity (Wildman–Crippen MR) is 98.9 cm³/mol. The molecule has 1 aliphatic heterocycles. The van der Waals surface area contributed by atoms with Crippen LogP contribution in [0.25, 0.3) is 0 Å². The third-order valence-corrected chi connectivity index (χ3v) is 4.04. The highest BCUT2D eigenvalue weighted by Crippen LogP contribution is 2.41. The predicted octanol–water partition coefficient (Wildman–Crippen LogP) is 4.25. The number of anilines is 1. The van der Waals surface area contributed by atoms with Crippen molar-refractivity contribution in [1.29, 1.82) is 0 Å². The van der Waals surface area contributed by atoms with Crippen molar-refractivity contribution in [2.75, 3.05) is 5.32 Å². The summed E-state index contributed by atoms with van der Waals surface area (Å²) in [7, 11) is 0. The van der Waals surface area contributed by atoms with E-state index in [1.54, 1.807) is 52.0 Å². The van der Waals surface area contributed by atoms with Crippen LogP contribution in [0.1, 0.15) is 44.7 Å². The molecule has 142 valence electrons. The number of ether oxygens (including phenoxy) is 2. The number of fused-ring (bicyclic) bond motifs is 1. The summed E-state index contributed by atoms with van der Waals surface area (Å²) in [4.78, 5) is 27.4. The van der Waals surface area contributed by atoms with Gasteiger partial charge in [-0.3, -0.25) is 4.79 Å². The number of carbonyl (C=O) groups excluding carboxylic acids is 1. The lowest BCUT2D eigenvalue weighted by Gasteiger charge is -2.30. The van der Waals surface area contributed by atoms with E-state index < -0.39 is 29.1 Å². The van der Waals surface area contributed by atoms with E-state index in [-0.39, 0.29) is 16.9 Å². The van der Waals surface area contributed by atoms with Crippen molar-refractivity contribution < 1.29 is 18.7 Å². The smallest absolute Gasteiger partial charge is 0.428 e. The summed E-state index contributed by atoms with van der Waals surface area (Å²) in [6.07, 6.45) is 0.579. The van der Waals surface area contributed by atoms with Crippen LogP contribution in [-0.4, -0.2) is 16.7 Å². The second-order valence-corrected chi connectivity index (χ2v) is 7.27. The molecule has 0 aliphatic carbocycles. The van der Waals surface area contributed by atoms with Crippen molar-refractivity contribution >= 4 is 11.8 Å². The number of hydrogen-bond donors (Lipinski definition) is 2. The molecule has 2 heterocycles. The van der Waals surface area contributed by atoms with Gasteiger partial charge in [0.1, 0.15) is 17.2 Å². The van der Waals surface area contributed by atoms with Crippen molar-refractivity contribution in [3.8, 4) is 0 Å². The van der Waals surface area contributed by atoms with Crippen LogP contribution in [0.5, 0.6) is 0 Å². The monoisotopic (exact) mass is 372 g/mol. The zero-order chi connectivity index (χ0) is 19.8. The van der Waals surface area contributed by atoms with Gasteiger partial charge < -0.3 is 19.8 Å². The van der Waals surface area contributed by atoms with Gasteiger partial charge in [-0.1, -0.05) is 18.2 Å². The van der Waals surface area contributed by atoms with E-state index in [9.17, 15) is 14.0 Å². The van der Waals surface area contributed by atoms with E-state index in [1.165, 1.54) is 12.3 Å². The Morgan fingerprint density at radius 2 is 1.89 bits per heavy atom. The van der Waals surface area contributed by atoms with E-state index >= 15 is 0 Å². The number of benzene rings is 1. The maximum absolute atomic E-state index is 14.6. The number of pyridine rings is 1. The first-order valence-electron chi connectivity index (χ1n) is 8.52. The minimum Gasteiger partial charge on any atom is -0.428 e. The lowest BCUT2D eigenvalue weighted by atomic mass is 9.86. The summed E-state index contributed by atoms with van der Waals surface area (Å²) in [5.74, 6) is -1.27. The highest BCUT2D eigenvalue weighted by atomic mass is 19.1. The maximum Gasteiger partial charge on any atom is 0.514 e. The molecule has 1 aromatic heterocycles. The lowest BCUT2D eigenvalue weighted by molar-refractivity contribution is 0.00432. The van der Waals surface area contributed by atoms with Crippen molar-refractivity contribution in [1.82, 2.24) is 4.98 Å². The molecule has 1 aliphatic rings. The van der Waals surface area contributed by atoms with Crippen molar-refractivity contribution in [2.24, 2.45) is 0 Å². The molecule has 0 saturated carbocycles. The van der Waals surface area contributed by atoms with E-state index in [0.29, 0.717) is 11.4 Å². The van der Waals surface area contributed by atoms with Crippen LogP contribution in [0.15, 0.2) is 52.8 Å². The number of allylic oxidation sites excluding steroid dienone is 2. The number of halogens is 1. The Labute approximate surface area is 156 Å². The van der Waals surface area contributed by atoms with Gasteiger partial charge in [0.15, 0.2) is 0 Å². The van der Waals surface area contributed by atoms with Gasteiger partial charge in [-0.2, -0.15) is 0 Å². The number of carbonyl (C=O) groups is 1. The molecule has 6 nitrogen and oxygen atoms in total. The maximum atomic E-state index is 14.6. The Morgan fingerprint density at radius 3 is 2.56 bits per heavy atom. The van der Waals surface area contributed by atoms with Gasteiger partial charge in [-0.25, -0.2) is 9.18 Å². The minimum absolute atomic E-state index is 0.124. The van der Waals surface area contributed by atoms with Gasteiger partial charge in [0.25, 0.3) is 5.56 Å². The number of aromatic nitrogens is 1. The van der Waals surface area contributed by atoms with E-state index in [4.69, 9.17) is 9.47 Å². The van der Waals surface area contributed by atoms with Crippen molar-refractivity contribution in [3.05, 3.63) is 75.3 Å². The van der Waals surface area contributed by atoms with Gasteiger partial charge in [0, 0.05) is 17.4 Å². The van der Waals surface area contributed by atoms with E-state index in [1.807, 2.05) is 0 Å². The quantitative estimate of drug-likeness (QED) is 0.770. The van der Waals surface area contributed by atoms with Crippen LogP contribution in [0.4, 0.5) is 14.9 Å². The lowest BCUT2D eigenvalue weighted by Crippen LogP contribution is -2.30. The van der Waals surface area contributed by atoms with Crippen molar-refractivity contribution in [2.45, 2.75) is 39.2 Å². The second-order valence-electron chi connectivity index (χ2n) is 7.27. The number of aromatic amines is 1. The molecule has 0 saturated heterocycles. The molecule has 1 atom stereocenters. The summed E-state index contributed by atoms with van der Waals surface area (Å²) in [5.41, 5.74) is 0.372. The zero-order valence-electron chi connectivity index (χ0n) is 15.6. The van der Waals surface area contributed by atoms with Crippen LogP contribution in [0.3, 0.4) is 0 Å². The molecule has 2 aromatic rings. The molecular weight excluding hydrogens is 351 g/mol. The minimum atomic E-state index is -0.921. The number of rotatable bonds is 2. The summed E-state index contributed by atoms with van der Waals surface area (Å²) in [6.45, 7) is 6.83. The summed E-state index contributed by atoms with van der Waals surface area (Å²) >= 11 is 0. The topological polar surface area (TPSA) is 80.4 Å². The Balaban J connectivity index is 2.13. The fraction of sp³-hybridized carbons (Fsp3) is 0.300. The molecule has 1 aromatic carbocycles. The van der Waals surface area contributed by atoms with Gasteiger partial charge in [0.2, 0.25) is 0 Å². The Hall–Kier alpha value is -3.09. The van der Waals surface area contributed by atoms with Crippen LogP contribution >= 0.6 is 0 Å². The van der Waals surface area contributed by atoms with Crippen LogP contribution in [0.2, 0.25) is 0 Å². The van der Waals surface area contributed by atoms with Gasteiger partial charge in [0.05, 0.1) is 17.2 Å². The molecule has 0 spiro atoms. The molecule has 1 unspecified atom stereocenters. The van der Waals surface area contributed by atoms with Crippen LogP contribution in [0, 0.1) is 5.82 Å². The average Bonchev–Trinajstić information content (AvgIpc) is 2.55. The number of H-pyrrole nitrogens is 1.